The summed E-state index contributed by atoms with van der Waals surface area (Å²) in [5.74, 6) is -1.24. The third-order valence-electron chi connectivity index (χ3n) is 6.61. The minimum Gasteiger partial charge on any atom is -0.496 e. The first-order valence-electron chi connectivity index (χ1n) is 11.8. The Balaban J connectivity index is 1.83. The number of morpholine rings is 1. The number of anilines is 1. The molecule has 1 aromatic rings. The predicted molar refractivity (Wildman–Crippen MR) is 130 cm³/mol. The van der Waals surface area contributed by atoms with Gasteiger partial charge in [-0.2, -0.15) is 0 Å². The Kier molecular flexibility index (Phi) is 9.11. The summed E-state index contributed by atoms with van der Waals surface area (Å²) in [6.07, 6.45) is 3.25. The number of nitrogens with zero attached hydrogens (tertiary/aromatic N) is 1. The molecule has 0 bridgehead atoms. The fraction of sp³-hybridized carbons (Fsp3) is 0.560. The van der Waals surface area contributed by atoms with Gasteiger partial charge in [-0.1, -0.05) is 11.6 Å². The lowest BCUT2D eigenvalue weighted by atomic mass is 9.92. The average Bonchev–Trinajstić information content (AvgIpc) is 3.24. The van der Waals surface area contributed by atoms with E-state index < -0.39 is 23.9 Å². The molecule has 2 aliphatic rings. The van der Waals surface area contributed by atoms with Crippen LogP contribution in [0.4, 0.5) is 10.5 Å². The van der Waals surface area contributed by atoms with Crippen molar-refractivity contribution in [3.63, 3.8) is 0 Å². The van der Waals surface area contributed by atoms with Crippen molar-refractivity contribution in [1.82, 2.24) is 10.2 Å². The molecule has 0 aliphatic carbocycles. The van der Waals surface area contributed by atoms with E-state index in [2.05, 4.69) is 15.5 Å². The largest absolute Gasteiger partial charge is 0.496 e. The molecule has 1 fully saturated rings. The lowest BCUT2D eigenvalue weighted by Gasteiger charge is -2.27. The van der Waals surface area contributed by atoms with Crippen molar-refractivity contribution in [2.45, 2.75) is 39.7 Å². The number of cyclic esters (lactones) is 1. The maximum atomic E-state index is 12.5. The van der Waals surface area contributed by atoms with Crippen LogP contribution in [0, 0.1) is 12.8 Å². The van der Waals surface area contributed by atoms with Crippen LogP contribution in [0.25, 0.3) is 0 Å². The molecule has 1 saturated heterocycles. The molecule has 0 spiro atoms. The van der Waals surface area contributed by atoms with Gasteiger partial charge in [0.25, 0.3) is 0 Å². The number of urea groups is 1. The van der Waals surface area contributed by atoms with E-state index in [0.717, 1.165) is 24.2 Å². The molecule has 0 aromatic heterocycles. The van der Waals surface area contributed by atoms with Crippen LogP contribution in [0.5, 0.6) is 5.75 Å². The van der Waals surface area contributed by atoms with Crippen LogP contribution in [0.3, 0.4) is 0 Å². The number of carboxylic acids is 1. The van der Waals surface area contributed by atoms with Crippen molar-refractivity contribution in [2.24, 2.45) is 5.92 Å². The van der Waals surface area contributed by atoms with E-state index in [1.807, 2.05) is 19.9 Å². The minimum absolute atomic E-state index is 0.122. The van der Waals surface area contributed by atoms with Crippen LogP contribution in [0.2, 0.25) is 0 Å². The van der Waals surface area contributed by atoms with E-state index in [-0.39, 0.29) is 6.61 Å². The number of hydrogen-bond acceptors (Lipinski definition) is 7. The molecule has 192 valence electrons. The summed E-state index contributed by atoms with van der Waals surface area (Å²) in [5.41, 5.74) is 3.72. The number of rotatable bonds is 10. The normalized spacial score (nSPS) is 16.9. The number of fused-ring (bicyclic) bond motifs is 1. The zero-order valence-electron chi connectivity index (χ0n) is 20.9. The summed E-state index contributed by atoms with van der Waals surface area (Å²) in [6.45, 7) is 7.60. The van der Waals surface area contributed by atoms with E-state index in [9.17, 15) is 19.5 Å². The first kappa shape index (κ1) is 26.5. The highest BCUT2D eigenvalue weighted by Gasteiger charge is 2.32. The lowest BCUT2D eigenvalue weighted by molar-refractivity contribution is -0.142. The van der Waals surface area contributed by atoms with Crippen LogP contribution in [-0.2, 0) is 27.3 Å². The molecule has 1 aromatic carbocycles. The fourth-order valence-corrected chi connectivity index (χ4v) is 4.59. The first-order valence-corrected chi connectivity index (χ1v) is 11.8. The topological polar surface area (TPSA) is 126 Å². The Morgan fingerprint density at radius 2 is 2.00 bits per heavy atom. The third kappa shape index (κ3) is 6.32. The standard InChI is InChI=1S/C25H35N3O7/c1-15(13-17(23(29)30)7-8-28-9-11-34-12-10-28)5-6-18-21(27-25(32)26-3)20-19(14-35-24(20)31)16(2)22(18)33-4/h5,17H,6-14H2,1-4H3,(H,29,30)(H2,26,27,32)/b15-5+. The molecule has 1 atom stereocenters. The summed E-state index contributed by atoms with van der Waals surface area (Å²) in [4.78, 5) is 38.8. The molecule has 1 unspecified atom stereocenters. The van der Waals surface area contributed by atoms with Gasteiger partial charge in [0.2, 0.25) is 0 Å². The Morgan fingerprint density at radius 1 is 1.29 bits per heavy atom. The number of carboxylic acid groups (broad SMARTS) is 1. The number of allylic oxidation sites excluding steroid dienone is 2. The fourth-order valence-electron chi connectivity index (χ4n) is 4.59. The van der Waals surface area contributed by atoms with Gasteiger partial charge in [0.05, 0.1) is 37.5 Å². The van der Waals surface area contributed by atoms with Crippen LogP contribution < -0.4 is 15.4 Å². The Hall–Kier alpha value is -3.11. The zero-order chi connectivity index (χ0) is 25.5. The van der Waals surface area contributed by atoms with E-state index in [1.165, 1.54) is 7.05 Å². The number of hydrogen-bond donors (Lipinski definition) is 3. The van der Waals surface area contributed by atoms with Crippen LogP contribution in [0.1, 0.15) is 46.8 Å². The van der Waals surface area contributed by atoms with E-state index in [4.69, 9.17) is 14.2 Å². The van der Waals surface area contributed by atoms with Gasteiger partial charge >= 0.3 is 18.0 Å². The van der Waals surface area contributed by atoms with Crippen LogP contribution >= 0.6 is 0 Å². The minimum atomic E-state index is -0.818. The van der Waals surface area contributed by atoms with Crippen LogP contribution in [-0.4, -0.2) is 75.0 Å². The van der Waals surface area contributed by atoms with E-state index >= 15 is 0 Å². The maximum Gasteiger partial charge on any atom is 0.341 e. The van der Waals surface area contributed by atoms with Crippen molar-refractivity contribution in [1.29, 1.82) is 0 Å². The lowest BCUT2D eigenvalue weighted by Crippen LogP contribution is -2.38. The van der Waals surface area contributed by atoms with Crippen molar-refractivity contribution in [3.05, 3.63) is 33.9 Å². The number of aliphatic carboxylic acids is 1. The number of methoxy groups -OCH3 is 1. The summed E-state index contributed by atoms with van der Waals surface area (Å²) >= 11 is 0. The first-order chi connectivity index (χ1) is 16.8. The molecular formula is C25H35N3O7. The predicted octanol–water partition coefficient (Wildman–Crippen LogP) is 2.73. The molecule has 35 heavy (non-hydrogen) atoms. The summed E-state index contributed by atoms with van der Waals surface area (Å²) < 4.78 is 16.3. The SMILES string of the molecule is CNC(=O)Nc1c(C/C=C(\C)CC(CCN2CCOCC2)C(=O)O)c(OC)c(C)c2c1C(=O)OC2. The average molecular weight is 490 g/mol. The van der Waals surface area contributed by atoms with E-state index in [0.29, 0.717) is 67.1 Å². The summed E-state index contributed by atoms with van der Waals surface area (Å²) in [6, 6.07) is -0.464. The number of carbonyl (C=O) groups is 3. The highest BCUT2D eigenvalue weighted by molar-refractivity contribution is 6.05. The highest BCUT2D eigenvalue weighted by Crippen LogP contribution is 2.41. The second kappa shape index (κ2) is 12.0. The molecule has 3 N–H and O–H groups in total. The molecule has 3 rings (SSSR count). The molecular weight excluding hydrogens is 454 g/mol. The number of nitrogens with one attached hydrogen (secondary N) is 2. The van der Waals surface area contributed by atoms with Gasteiger partial charge in [0.1, 0.15) is 12.4 Å². The summed E-state index contributed by atoms with van der Waals surface area (Å²) in [7, 11) is 3.04. The van der Waals surface area contributed by atoms with Gasteiger partial charge in [-0.05, 0) is 45.2 Å². The molecule has 2 aliphatic heterocycles. The van der Waals surface area contributed by atoms with Crippen molar-refractivity contribution in [2.75, 3.05) is 52.3 Å². The Labute approximate surface area is 205 Å². The molecule has 2 heterocycles. The number of benzene rings is 1. The van der Waals surface area contributed by atoms with Crippen molar-refractivity contribution < 1.29 is 33.7 Å². The number of carbonyl (C=O) groups excluding carboxylic acids is 2. The van der Waals surface area contributed by atoms with Gasteiger partial charge in [-0.15, -0.1) is 0 Å². The van der Waals surface area contributed by atoms with E-state index in [1.54, 1.807) is 7.11 Å². The molecule has 10 heteroatoms. The second-order valence-electron chi connectivity index (χ2n) is 8.88. The van der Waals surface area contributed by atoms with Gasteiger partial charge in [-0.25, -0.2) is 9.59 Å². The molecule has 2 amide bonds. The van der Waals surface area contributed by atoms with Gasteiger partial charge < -0.3 is 30.0 Å². The Bertz CT molecular complexity index is 1000. The molecule has 0 radical (unpaired) electrons. The van der Waals surface area contributed by atoms with Crippen molar-refractivity contribution in [3.8, 4) is 5.75 Å². The quantitative estimate of drug-likeness (QED) is 0.338. The van der Waals surface area contributed by atoms with Gasteiger partial charge in [0, 0.05) is 31.3 Å². The Morgan fingerprint density at radius 3 is 2.63 bits per heavy atom. The summed E-state index contributed by atoms with van der Waals surface area (Å²) in [5, 5.41) is 15.0. The smallest absolute Gasteiger partial charge is 0.341 e. The van der Waals surface area contributed by atoms with Crippen LogP contribution in [0.15, 0.2) is 11.6 Å². The second-order valence-corrected chi connectivity index (χ2v) is 8.88. The number of ether oxygens (including phenoxy) is 3. The highest BCUT2D eigenvalue weighted by atomic mass is 16.5. The maximum absolute atomic E-state index is 12.5. The number of esters is 1. The van der Waals surface area contributed by atoms with Gasteiger partial charge in [-0.3, -0.25) is 9.69 Å². The molecule has 10 nitrogen and oxygen atoms in total. The third-order valence-corrected chi connectivity index (χ3v) is 6.61. The monoisotopic (exact) mass is 489 g/mol. The zero-order valence-corrected chi connectivity index (χ0v) is 20.9. The van der Waals surface area contributed by atoms with Crippen molar-refractivity contribution >= 4 is 23.7 Å². The number of amides is 2. The molecule has 0 saturated carbocycles. The van der Waals surface area contributed by atoms with Gasteiger partial charge in [0.15, 0.2) is 0 Å².